The molecule has 0 spiro atoms. The molecule has 0 atom stereocenters. The molecule has 2 heterocycles. The van der Waals surface area contributed by atoms with Gasteiger partial charge in [-0.15, -0.1) is 0 Å². The number of benzene rings is 2. The van der Waals surface area contributed by atoms with Crippen molar-refractivity contribution in [1.29, 1.82) is 0 Å². The average Bonchev–Trinajstić information content (AvgIpc) is 3.34. The van der Waals surface area contributed by atoms with Gasteiger partial charge in [0.15, 0.2) is 0 Å². The molecule has 0 bridgehead atoms. The Kier molecular flexibility index (Phi) is 4.91. The van der Waals surface area contributed by atoms with Gasteiger partial charge in [0.25, 0.3) is 0 Å². The molecule has 29 heavy (non-hydrogen) atoms. The Morgan fingerprint density at radius 3 is 2.62 bits per heavy atom. The second-order valence-electron chi connectivity index (χ2n) is 6.75. The van der Waals surface area contributed by atoms with E-state index in [1.807, 2.05) is 48.0 Å². The molecule has 0 aliphatic carbocycles. The summed E-state index contributed by atoms with van der Waals surface area (Å²) in [7, 11) is 0. The number of fused-ring (bicyclic) bond motifs is 1. The normalized spacial score (nSPS) is 10.9. The maximum absolute atomic E-state index is 12.8. The number of hydrogen-bond acceptors (Lipinski definition) is 4. The lowest BCUT2D eigenvalue weighted by Gasteiger charge is -2.10. The number of aromatic carboxylic acids is 1. The Labute approximate surface area is 166 Å². The van der Waals surface area contributed by atoms with E-state index in [4.69, 9.17) is 14.3 Å². The van der Waals surface area contributed by atoms with Crippen molar-refractivity contribution in [3.63, 3.8) is 0 Å². The third kappa shape index (κ3) is 3.91. The predicted molar refractivity (Wildman–Crippen MR) is 108 cm³/mol. The van der Waals surface area contributed by atoms with E-state index in [1.165, 1.54) is 6.07 Å². The Morgan fingerprint density at radius 1 is 1.07 bits per heavy atom. The lowest BCUT2D eigenvalue weighted by molar-refractivity contribution is 0.0665. The van der Waals surface area contributed by atoms with Crippen LogP contribution in [0.4, 0.5) is 0 Å². The SMILES string of the molecule is Cc1ccc(C(=O)c2cccn2CCOc2ccc3oc(C(=O)O)cc3c2)cc1. The average molecular weight is 389 g/mol. The van der Waals surface area contributed by atoms with Gasteiger partial charge in [-0.3, -0.25) is 4.79 Å². The molecule has 0 amide bonds. The van der Waals surface area contributed by atoms with Crippen molar-refractivity contribution in [2.75, 3.05) is 6.61 Å². The minimum atomic E-state index is -1.11. The van der Waals surface area contributed by atoms with Crippen molar-refractivity contribution in [3.05, 3.63) is 89.4 Å². The highest BCUT2D eigenvalue weighted by Crippen LogP contribution is 2.24. The maximum atomic E-state index is 12.8. The lowest BCUT2D eigenvalue weighted by atomic mass is 10.1. The van der Waals surface area contributed by atoms with Crippen LogP contribution in [-0.4, -0.2) is 28.0 Å². The summed E-state index contributed by atoms with van der Waals surface area (Å²) in [5, 5.41) is 9.68. The summed E-state index contributed by atoms with van der Waals surface area (Å²) in [6.45, 7) is 2.85. The van der Waals surface area contributed by atoms with Gasteiger partial charge in [0.05, 0.1) is 12.2 Å². The van der Waals surface area contributed by atoms with Crippen molar-refractivity contribution >= 4 is 22.7 Å². The molecule has 0 radical (unpaired) electrons. The fourth-order valence-electron chi connectivity index (χ4n) is 3.15. The van der Waals surface area contributed by atoms with Gasteiger partial charge in [0.1, 0.15) is 17.9 Å². The minimum Gasteiger partial charge on any atom is -0.492 e. The number of ether oxygens (including phenoxy) is 1. The van der Waals surface area contributed by atoms with Crippen molar-refractivity contribution < 1.29 is 23.8 Å². The van der Waals surface area contributed by atoms with Crippen LogP contribution in [0.3, 0.4) is 0 Å². The van der Waals surface area contributed by atoms with Crippen molar-refractivity contribution in [3.8, 4) is 5.75 Å². The number of ketones is 1. The summed E-state index contributed by atoms with van der Waals surface area (Å²) in [6, 6.07) is 17.8. The largest absolute Gasteiger partial charge is 0.492 e. The summed E-state index contributed by atoms with van der Waals surface area (Å²) >= 11 is 0. The molecule has 0 saturated heterocycles. The van der Waals surface area contributed by atoms with E-state index in [2.05, 4.69) is 0 Å². The number of rotatable bonds is 7. The lowest BCUT2D eigenvalue weighted by Crippen LogP contribution is -2.14. The second kappa shape index (κ2) is 7.67. The zero-order valence-electron chi connectivity index (χ0n) is 15.8. The van der Waals surface area contributed by atoms with E-state index in [0.29, 0.717) is 41.1 Å². The van der Waals surface area contributed by atoms with Gasteiger partial charge in [-0.05, 0) is 43.3 Å². The number of aryl methyl sites for hydroxylation is 1. The highest BCUT2D eigenvalue weighted by molar-refractivity contribution is 6.08. The van der Waals surface area contributed by atoms with Crippen LogP contribution < -0.4 is 4.74 Å². The van der Waals surface area contributed by atoms with Gasteiger partial charge in [-0.2, -0.15) is 0 Å². The van der Waals surface area contributed by atoms with E-state index < -0.39 is 5.97 Å². The van der Waals surface area contributed by atoms with Crippen LogP contribution >= 0.6 is 0 Å². The molecule has 4 rings (SSSR count). The Bertz CT molecular complexity index is 1180. The van der Waals surface area contributed by atoms with Crippen LogP contribution in [0.25, 0.3) is 11.0 Å². The number of furan rings is 1. The summed E-state index contributed by atoms with van der Waals surface area (Å²) < 4.78 is 12.9. The molecular weight excluding hydrogens is 370 g/mol. The zero-order valence-corrected chi connectivity index (χ0v) is 15.8. The van der Waals surface area contributed by atoms with Gasteiger partial charge < -0.3 is 18.8 Å². The van der Waals surface area contributed by atoms with E-state index in [0.717, 1.165) is 5.56 Å². The molecular formula is C23H19NO5. The Balaban J connectivity index is 1.43. The third-order valence-corrected chi connectivity index (χ3v) is 4.68. The van der Waals surface area contributed by atoms with Crippen molar-refractivity contribution in [2.45, 2.75) is 13.5 Å². The number of hydrogen-bond donors (Lipinski definition) is 1. The number of carboxylic acids is 1. The minimum absolute atomic E-state index is 0.0315. The number of nitrogens with zero attached hydrogens (tertiary/aromatic N) is 1. The highest BCUT2D eigenvalue weighted by Gasteiger charge is 2.14. The first-order chi connectivity index (χ1) is 14.0. The van der Waals surface area contributed by atoms with Gasteiger partial charge in [-0.25, -0.2) is 4.79 Å². The Hall–Kier alpha value is -3.80. The molecule has 4 aromatic rings. The molecule has 2 aromatic heterocycles. The third-order valence-electron chi connectivity index (χ3n) is 4.68. The highest BCUT2D eigenvalue weighted by atomic mass is 16.5. The van der Waals surface area contributed by atoms with Crippen LogP contribution in [0.2, 0.25) is 0 Å². The zero-order chi connectivity index (χ0) is 20.4. The van der Waals surface area contributed by atoms with Gasteiger partial charge in [-0.1, -0.05) is 29.8 Å². The van der Waals surface area contributed by atoms with E-state index >= 15 is 0 Å². The summed E-state index contributed by atoms with van der Waals surface area (Å²) in [4.78, 5) is 23.8. The van der Waals surface area contributed by atoms with Crippen molar-refractivity contribution in [1.82, 2.24) is 4.57 Å². The summed E-state index contributed by atoms with van der Waals surface area (Å²) in [5.74, 6) is -0.643. The van der Waals surface area contributed by atoms with E-state index in [1.54, 1.807) is 24.3 Å². The first kappa shape index (κ1) is 18.6. The summed E-state index contributed by atoms with van der Waals surface area (Å²) in [6.07, 6.45) is 1.85. The second-order valence-corrected chi connectivity index (χ2v) is 6.75. The van der Waals surface area contributed by atoms with Crippen LogP contribution in [0.1, 0.15) is 32.2 Å². The van der Waals surface area contributed by atoms with Crippen LogP contribution in [0.5, 0.6) is 5.75 Å². The smallest absolute Gasteiger partial charge is 0.371 e. The van der Waals surface area contributed by atoms with Gasteiger partial charge in [0, 0.05) is 17.1 Å². The molecule has 0 saturated carbocycles. The molecule has 2 aromatic carbocycles. The summed E-state index contributed by atoms with van der Waals surface area (Å²) in [5.41, 5.74) is 2.85. The maximum Gasteiger partial charge on any atom is 0.371 e. The fourth-order valence-corrected chi connectivity index (χ4v) is 3.15. The monoisotopic (exact) mass is 389 g/mol. The van der Waals surface area contributed by atoms with E-state index in [-0.39, 0.29) is 11.5 Å². The molecule has 0 unspecified atom stereocenters. The standard InChI is InChI=1S/C23H19NO5/c1-15-4-6-16(7-5-15)22(25)19-3-2-10-24(19)11-12-28-18-8-9-20-17(13-18)14-21(29-20)23(26)27/h2-10,13-14H,11-12H2,1H3,(H,26,27). The topological polar surface area (TPSA) is 81.7 Å². The predicted octanol–water partition coefficient (Wildman–Crippen LogP) is 4.55. The molecule has 6 nitrogen and oxygen atoms in total. The van der Waals surface area contributed by atoms with Crippen molar-refractivity contribution in [2.24, 2.45) is 0 Å². The number of carbonyl (C=O) groups excluding carboxylic acids is 1. The van der Waals surface area contributed by atoms with Gasteiger partial charge in [0.2, 0.25) is 11.5 Å². The van der Waals surface area contributed by atoms with Crippen LogP contribution in [0.15, 0.2) is 71.3 Å². The number of carbonyl (C=O) groups is 2. The van der Waals surface area contributed by atoms with Gasteiger partial charge >= 0.3 is 5.97 Å². The number of carboxylic acid groups (broad SMARTS) is 1. The molecule has 0 aliphatic heterocycles. The molecule has 0 aliphatic rings. The molecule has 6 heteroatoms. The van der Waals surface area contributed by atoms with Crippen LogP contribution in [0, 0.1) is 6.92 Å². The molecule has 1 N–H and O–H groups in total. The van der Waals surface area contributed by atoms with E-state index in [9.17, 15) is 9.59 Å². The molecule has 0 fully saturated rings. The first-order valence-electron chi connectivity index (χ1n) is 9.17. The molecule has 146 valence electrons. The Morgan fingerprint density at radius 2 is 1.86 bits per heavy atom. The fraction of sp³-hybridized carbons (Fsp3) is 0.130. The quantitative estimate of drug-likeness (QED) is 0.469. The van der Waals surface area contributed by atoms with Crippen LogP contribution in [-0.2, 0) is 6.54 Å². The first-order valence-corrected chi connectivity index (χ1v) is 9.17. The number of aromatic nitrogens is 1.